The van der Waals surface area contributed by atoms with Crippen LogP contribution in [0.2, 0.25) is 5.02 Å². The number of nitrogens with zero attached hydrogens (tertiary/aromatic N) is 1. The van der Waals surface area contributed by atoms with Crippen LogP contribution in [-0.4, -0.2) is 33.7 Å². The SMILES string of the molecule is COCCCNc1oc(-c2ccccc2Cl)nc1S(=O)(=O)c1ccc(C)cc1. The van der Waals surface area contributed by atoms with Crippen molar-refractivity contribution < 1.29 is 17.6 Å². The lowest BCUT2D eigenvalue weighted by atomic mass is 10.2. The third-order valence-corrected chi connectivity index (χ3v) is 6.11. The zero-order chi connectivity index (χ0) is 20.1. The van der Waals surface area contributed by atoms with Crippen molar-refractivity contribution in [1.29, 1.82) is 0 Å². The summed E-state index contributed by atoms with van der Waals surface area (Å²) in [5.41, 5.74) is 1.49. The highest BCUT2D eigenvalue weighted by molar-refractivity contribution is 7.91. The molecule has 0 bridgehead atoms. The molecule has 1 heterocycles. The molecule has 0 amide bonds. The van der Waals surface area contributed by atoms with Gasteiger partial charge in [0.25, 0.3) is 0 Å². The minimum atomic E-state index is -3.87. The van der Waals surface area contributed by atoms with E-state index in [-0.39, 0.29) is 21.7 Å². The Labute approximate surface area is 169 Å². The quantitative estimate of drug-likeness (QED) is 0.537. The van der Waals surface area contributed by atoms with Crippen molar-refractivity contribution in [3.63, 3.8) is 0 Å². The molecule has 0 spiro atoms. The minimum absolute atomic E-state index is 0.0894. The second-order valence-corrected chi connectivity index (χ2v) is 8.49. The fourth-order valence-electron chi connectivity index (χ4n) is 2.60. The van der Waals surface area contributed by atoms with Crippen LogP contribution in [0.1, 0.15) is 12.0 Å². The number of oxazole rings is 1. The molecule has 2 aromatic carbocycles. The number of benzene rings is 2. The van der Waals surface area contributed by atoms with Crippen molar-refractivity contribution in [2.45, 2.75) is 23.3 Å². The average Bonchev–Trinajstić information content (AvgIpc) is 3.11. The summed E-state index contributed by atoms with van der Waals surface area (Å²) in [6, 6.07) is 13.6. The van der Waals surface area contributed by atoms with Gasteiger partial charge in [-0.05, 0) is 37.6 Å². The van der Waals surface area contributed by atoms with Gasteiger partial charge in [-0.25, -0.2) is 8.42 Å². The van der Waals surface area contributed by atoms with Gasteiger partial charge in [-0.3, -0.25) is 0 Å². The number of aryl methyl sites for hydroxylation is 1. The van der Waals surface area contributed by atoms with Crippen LogP contribution in [-0.2, 0) is 14.6 Å². The molecule has 0 aliphatic carbocycles. The lowest BCUT2D eigenvalue weighted by Crippen LogP contribution is -2.09. The van der Waals surface area contributed by atoms with E-state index in [4.69, 9.17) is 20.8 Å². The Balaban J connectivity index is 2.04. The molecule has 1 N–H and O–H groups in total. The first-order valence-corrected chi connectivity index (χ1v) is 10.6. The second-order valence-electron chi connectivity index (χ2n) is 6.22. The first-order chi connectivity index (χ1) is 13.4. The predicted octanol–water partition coefficient (Wildman–Crippen LogP) is 4.58. The topological polar surface area (TPSA) is 81.4 Å². The molecule has 0 unspecified atom stereocenters. The number of sulfone groups is 1. The largest absolute Gasteiger partial charge is 0.419 e. The molecule has 6 nitrogen and oxygen atoms in total. The fourth-order valence-corrected chi connectivity index (χ4v) is 4.09. The van der Waals surface area contributed by atoms with Crippen LogP contribution in [0.5, 0.6) is 0 Å². The van der Waals surface area contributed by atoms with E-state index in [1.165, 1.54) is 0 Å². The van der Waals surface area contributed by atoms with Crippen molar-refractivity contribution in [3.8, 4) is 11.5 Å². The summed E-state index contributed by atoms with van der Waals surface area (Å²) in [5, 5.41) is 3.28. The van der Waals surface area contributed by atoms with Gasteiger partial charge in [0, 0.05) is 20.3 Å². The van der Waals surface area contributed by atoms with Gasteiger partial charge in [0.05, 0.1) is 15.5 Å². The third-order valence-electron chi connectivity index (χ3n) is 4.10. The highest BCUT2D eigenvalue weighted by Gasteiger charge is 2.28. The molecular weight excluding hydrogens is 400 g/mol. The van der Waals surface area contributed by atoms with Crippen LogP contribution < -0.4 is 5.32 Å². The summed E-state index contributed by atoms with van der Waals surface area (Å²) in [5.74, 6) is 0.233. The summed E-state index contributed by atoms with van der Waals surface area (Å²) in [6.45, 7) is 2.91. The highest BCUT2D eigenvalue weighted by atomic mass is 35.5. The van der Waals surface area contributed by atoms with E-state index in [9.17, 15) is 8.42 Å². The molecule has 0 aliphatic rings. The van der Waals surface area contributed by atoms with Crippen LogP contribution in [0.15, 0.2) is 62.9 Å². The number of aromatic nitrogens is 1. The Bertz CT molecular complexity index is 1050. The zero-order valence-corrected chi connectivity index (χ0v) is 17.2. The van der Waals surface area contributed by atoms with E-state index in [2.05, 4.69) is 10.3 Å². The van der Waals surface area contributed by atoms with Gasteiger partial charge in [0.2, 0.25) is 26.6 Å². The molecule has 28 heavy (non-hydrogen) atoms. The van der Waals surface area contributed by atoms with Gasteiger partial charge in [-0.1, -0.05) is 41.4 Å². The van der Waals surface area contributed by atoms with Crippen LogP contribution in [0, 0.1) is 6.92 Å². The maximum atomic E-state index is 13.2. The molecule has 0 radical (unpaired) electrons. The summed E-state index contributed by atoms with van der Waals surface area (Å²) >= 11 is 6.23. The molecule has 148 valence electrons. The summed E-state index contributed by atoms with van der Waals surface area (Å²) in [7, 11) is -2.26. The van der Waals surface area contributed by atoms with Crippen LogP contribution in [0.3, 0.4) is 0 Å². The van der Waals surface area contributed by atoms with Crippen molar-refractivity contribution in [1.82, 2.24) is 4.98 Å². The molecule has 1 aromatic heterocycles. The standard InChI is InChI=1S/C20H21ClN2O4S/c1-14-8-10-15(11-9-14)28(24,25)20-19(22-12-5-13-26-2)27-18(23-20)16-6-3-4-7-17(16)21/h3-4,6-11,22H,5,12-13H2,1-2H3. The summed E-state index contributed by atoms with van der Waals surface area (Å²) in [4.78, 5) is 4.43. The molecule has 0 fully saturated rings. The van der Waals surface area contributed by atoms with Gasteiger partial charge in [0.15, 0.2) is 0 Å². The first-order valence-electron chi connectivity index (χ1n) is 8.74. The van der Waals surface area contributed by atoms with Gasteiger partial charge in [0.1, 0.15) is 0 Å². The minimum Gasteiger partial charge on any atom is -0.419 e. The highest BCUT2D eigenvalue weighted by Crippen LogP contribution is 2.34. The molecule has 3 rings (SSSR count). The molecule has 0 saturated carbocycles. The maximum Gasteiger partial charge on any atom is 0.233 e. The van der Waals surface area contributed by atoms with Gasteiger partial charge in [-0.2, -0.15) is 4.98 Å². The van der Waals surface area contributed by atoms with E-state index in [1.54, 1.807) is 55.6 Å². The fraction of sp³-hybridized carbons (Fsp3) is 0.250. The number of halogens is 1. The predicted molar refractivity (Wildman–Crippen MR) is 109 cm³/mol. The summed E-state index contributed by atoms with van der Waals surface area (Å²) in [6.07, 6.45) is 0.683. The number of methoxy groups -OCH3 is 1. The van der Waals surface area contributed by atoms with E-state index < -0.39 is 9.84 Å². The third kappa shape index (κ3) is 4.38. The Morgan fingerprint density at radius 1 is 1.14 bits per heavy atom. The molecule has 3 aromatic rings. The van der Waals surface area contributed by atoms with Crippen LogP contribution >= 0.6 is 11.6 Å². The van der Waals surface area contributed by atoms with E-state index >= 15 is 0 Å². The van der Waals surface area contributed by atoms with Crippen molar-refractivity contribution in [3.05, 3.63) is 59.1 Å². The number of hydrogen-bond acceptors (Lipinski definition) is 6. The van der Waals surface area contributed by atoms with Gasteiger partial charge >= 0.3 is 0 Å². The number of anilines is 1. The molecule has 0 aliphatic heterocycles. The second kappa shape index (κ2) is 8.77. The maximum absolute atomic E-state index is 13.2. The van der Waals surface area contributed by atoms with Crippen molar-refractivity contribution in [2.75, 3.05) is 25.6 Å². The van der Waals surface area contributed by atoms with Gasteiger partial charge < -0.3 is 14.5 Å². The lowest BCUT2D eigenvalue weighted by molar-refractivity contribution is 0.197. The summed E-state index contributed by atoms with van der Waals surface area (Å²) < 4.78 is 37.1. The molecular formula is C20H21ClN2O4S. The number of ether oxygens (including phenoxy) is 1. The van der Waals surface area contributed by atoms with Gasteiger partial charge in [-0.15, -0.1) is 0 Å². The first kappa shape index (κ1) is 20.4. The van der Waals surface area contributed by atoms with E-state index in [1.807, 2.05) is 6.92 Å². The average molecular weight is 421 g/mol. The zero-order valence-electron chi connectivity index (χ0n) is 15.6. The van der Waals surface area contributed by atoms with Crippen LogP contribution in [0.25, 0.3) is 11.5 Å². The Morgan fingerprint density at radius 2 is 1.86 bits per heavy atom. The Kier molecular flexibility index (Phi) is 6.39. The van der Waals surface area contributed by atoms with Crippen molar-refractivity contribution in [2.24, 2.45) is 0 Å². The number of hydrogen-bond donors (Lipinski definition) is 1. The van der Waals surface area contributed by atoms with Crippen molar-refractivity contribution >= 4 is 27.3 Å². The molecule has 8 heteroatoms. The van der Waals surface area contributed by atoms with E-state index in [0.717, 1.165) is 5.56 Å². The van der Waals surface area contributed by atoms with E-state index in [0.29, 0.717) is 30.2 Å². The Hall–Kier alpha value is -2.35. The molecule has 0 atom stereocenters. The van der Waals surface area contributed by atoms with Crippen LogP contribution in [0.4, 0.5) is 5.88 Å². The number of rotatable bonds is 8. The monoisotopic (exact) mass is 420 g/mol. The number of nitrogens with one attached hydrogen (secondary N) is 1. The normalized spacial score (nSPS) is 11.5. The smallest absolute Gasteiger partial charge is 0.233 e. The lowest BCUT2D eigenvalue weighted by Gasteiger charge is -2.06. The molecule has 0 saturated heterocycles. The Morgan fingerprint density at radius 3 is 2.54 bits per heavy atom.